The molecule has 3 atom stereocenters. The average Bonchev–Trinajstić information content (AvgIpc) is 1.62. The van der Waals surface area contributed by atoms with Gasteiger partial charge in [-0.15, -0.1) is 22.7 Å². The molecule has 0 saturated heterocycles. The third-order valence-electron chi connectivity index (χ3n) is 20.8. The van der Waals surface area contributed by atoms with Gasteiger partial charge >= 0.3 is 0 Å². The summed E-state index contributed by atoms with van der Waals surface area (Å²) in [5.74, 6) is -1.33. The Balaban J connectivity index is 0.000000155. The number of aryl methyl sites for hydroxylation is 5. The summed E-state index contributed by atoms with van der Waals surface area (Å²) >= 11 is 2.90. The molecule has 15 rings (SSSR count). The third kappa shape index (κ3) is 17.9. The molecular weight excluding hydrogens is 1550 g/mol. The second-order valence-corrected chi connectivity index (χ2v) is 32.9. The van der Waals surface area contributed by atoms with Crippen LogP contribution in [0.3, 0.4) is 0 Å². The molecule has 0 aliphatic rings. The van der Waals surface area contributed by atoms with Gasteiger partial charge in [0.05, 0.1) is 43.3 Å². The maximum absolute atomic E-state index is 14.3. The molecule has 22 nitrogen and oxygen atoms in total. The zero-order valence-electron chi connectivity index (χ0n) is 67.9. The Kier molecular flexibility index (Phi) is 25.7. The van der Waals surface area contributed by atoms with Crippen LogP contribution in [0.15, 0.2) is 202 Å². The number of benzene rings is 7. The second-order valence-electron chi connectivity index (χ2n) is 30.9. The Morgan fingerprint density at radius 1 is 0.420 bits per heavy atom. The maximum atomic E-state index is 14.3. The Morgan fingerprint density at radius 3 is 1.01 bits per heavy atom. The van der Waals surface area contributed by atoms with Crippen LogP contribution in [-0.2, 0) is 19.6 Å². The highest BCUT2D eigenvalue weighted by atomic mass is 32.1. The molecule has 0 bridgehead atoms. The maximum Gasteiger partial charge on any atom is 0.297 e. The zero-order valence-corrected chi connectivity index (χ0v) is 69.5. The molecule has 0 fully saturated rings. The van der Waals surface area contributed by atoms with Crippen LogP contribution in [0.4, 0.5) is 13.2 Å². The smallest absolute Gasteiger partial charge is 0.297 e. The number of nitrogens with two attached hydrogens (primary N) is 3. The first-order chi connectivity index (χ1) is 57.1. The molecule has 612 valence electrons. The Bertz CT molecular complexity index is 6510. The molecule has 0 radical (unpaired) electrons. The highest BCUT2D eigenvalue weighted by Gasteiger charge is 2.38. The standard InChI is InChI=1S/C32H33FN4O3.C30H28FN5O3S.C30H31FN4O3S/c1-19(2)28(36(16-15-34)31(38)23-11-7-21(4)8-12-23)30-35-27-25-17-24(33)13-14-26(25)40-29(27)32(39)37(30)18-22-9-5-20(3)6-10-22;1-17(2)26(35(11-10-32)29(37)20-6-4-18(3)5-7-20)28-34-25-23-13-21(31)8-9-24(23)39-27(25)30(38)36(28)15-22-12-19(14-33)16-40-22;1-17(2)26(34(12-11-32)29(36)20-7-5-18(3)6-8-20)28-33-25-23-14-21(31)9-10-24(23)38-27(25)30(37)35(28)15-22-13-19(4)16-39-22/h5-14,17,19,28H,15-16,18,34H2,1-4H3;4-9,12-13,16-17,26H,10-11,15,32H2,1-3H3;5-10,13-14,16-17,26H,11-12,15,32H2,1-4H3/t28-;2*26-/m111/s1. The van der Waals surface area contributed by atoms with E-state index < -0.39 is 46.7 Å². The van der Waals surface area contributed by atoms with E-state index in [2.05, 4.69) is 6.07 Å². The summed E-state index contributed by atoms with van der Waals surface area (Å²) < 4.78 is 65.0. The van der Waals surface area contributed by atoms with Crippen LogP contribution in [0.5, 0.6) is 0 Å². The van der Waals surface area contributed by atoms with Crippen LogP contribution in [0.2, 0.25) is 0 Å². The van der Waals surface area contributed by atoms with E-state index >= 15 is 0 Å². The molecule has 8 aromatic heterocycles. The van der Waals surface area contributed by atoms with Crippen LogP contribution in [0, 0.1) is 81.2 Å². The summed E-state index contributed by atoms with van der Waals surface area (Å²) in [5.41, 5.74) is 27.0. The van der Waals surface area contributed by atoms with Crippen LogP contribution in [-0.4, -0.2) is 100 Å². The number of hydrogen-bond acceptors (Lipinski definition) is 18. The first-order valence-electron chi connectivity index (χ1n) is 39.2. The van der Waals surface area contributed by atoms with Crippen LogP contribution in [0.25, 0.3) is 66.2 Å². The zero-order chi connectivity index (χ0) is 84.9. The normalized spacial score (nSPS) is 12.4. The van der Waals surface area contributed by atoms with Gasteiger partial charge in [-0.05, 0) is 172 Å². The number of fused-ring (bicyclic) bond motifs is 9. The van der Waals surface area contributed by atoms with E-state index in [1.54, 1.807) is 83.0 Å². The van der Waals surface area contributed by atoms with E-state index in [0.717, 1.165) is 43.1 Å². The van der Waals surface area contributed by atoms with Gasteiger partial charge in [0.2, 0.25) is 16.7 Å². The molecule has 6 N–H and O–H groups in total. The lowest BCUT2D eigenvalue weighted by Gasteiger charge is -2.35. The van der Waals surface area contributed by atoms with Gasteiger partial charge < -0.3 is 45.2 Å². The lowest BCUT2D eigenvalue weighted by molar-refractivity contribution is 0.0606. The second kappa shape index (κ2) is 36.2. The van der Waals surface area contributed by atoms with Crippen molar-refractivity contribution < 1.29 is 40.8 Å². The van der Waals surface area contributed by atoms with Gasteiger partial charge in [-0.2, -0.15) is 5.26 Å². The van der Waals surface area contributed by atoms with Crippen molar-refractivity contribution >= 4 is 107 Å². The fraction of sp³-hybridized carbons (Fsp3) is 0.283. The molecule has 0 unspecified atom stereocenters. The Morgan fingerprint density at radius 2 is 0.723 bits per heavy atom. The molecule has 3 amide bonds. The number of hydrogen-bond donors (Lipinski definition) is 3. The van der Waals surface area contributed by atoms with Crippen molar-refractivity contribution in [3.05, 3.63) is 306 Å². The van der Waals surface area contributed by atoms with E-state index in [4.69, 9.17) is 45.4 Å². The molecular formula is C92H92F3N13O9S2. The van der Waals surface area contributed by atoms with E-state index in [-0.39, 0.29) is 133 Å². The molecule has 0 spiro atoms. The van der Waals surface area contributed by atoms with E-state index in [1.807, 2.05) is 148 Å². The average molecular weight is 1640 g/mol. The number of carbonyl (C=O) groups excluding carboxylic acids is 3. The van der Waals surface area contributed by atoms with E-state index in [9.17, 15) is 47.2 Å². The van der Waals surface area contributed by atoms with Crippen molar-refractivity contribution in [2.75, 3.05) is 39.3 Å². The first kappa shape index (κ1) is 84.5. The number of nitrogens with zero attached hydrogens (tertiary/aromatic N) is 10. The van der Waals surface area contributed by atoms with Gasteiger partial charge in [0.25, 0.3) is 34.4 Å². The van der Waals surface area contributed by atoms with E-state index in [0.29, 0.717) is 72.6 Å². The number of aromatic nitrogens is 6. The van der Waals surface area contributed by atoms with E-state index in [1.165, 1.54) is 70.5 Å². The molecule has 0 aliphatic heterocycles. The Labute approximate surface area is 692 Å². The van der Waals surface area contributed by atoms with Crippen molar-refractivity contribution in [1.82, 2.24) is 43.4 Å². The van der Waals surface area contributed by atoms with Crippen molar-refractivity contribution in [3.63, 3.8) is 0 Å². The van der Waals surface area contributed by atoms with Gasteiger partial charge in [0.15, 0.2) is 0 Å². The number of furan rings is 3. The van der Waals surface area contributed by atoms with Crippen molar-refractivity contribution in [1.29, 1.82) is 5.26 Å². The monoisotopic (exact) mass is 1640 g/mol. The SMILES string of the molecule is Cc1ccc(C(=O)N(CCN)[C@@H](c2nc3c(oc4ccc(F)cc43)c(=O)n2Cc2cc(C#N)cs2)C(C)C)cc1.Cc1ccc(C(=O)N(CCN)[C@@H](c2nc3c(oc4ccc(F)cc43)c(=O)n2Cc2cc(C)cs2)C(C)C)cc1.Cc1ccc(Cn2c([C@@H](C(C)C)N(CCN)C(=O)c3ccc(C)cc3)nc3c(oc4ccc(F)cc43)c2=O)cc1. The summed E-state index contributed by atoms with van der Waals surface area (Å²) in [4.78, 5) is 105. The van der Waals surface area contributed by atoms with Crippen LogP contribution < -0.4 is 33.9 Å². The molecule has 0 aliphatic carbocycles. The predicted octanol–water partition coefficient (Wildman–Crippen LogP) is 16.9. The van der Waals surface area contributed by atoms with Gasteiger partial charge in [0, 0.05) is 87.3 Å². The van der Waals surface area contributed by atoms with Gasteiger partial charge in [-0.1, -0.05) is 124 Å². The minimum atomic E-state index is -0.650. The number of nitriles is 1. The quantitative estimate of drug-likeness (QED) is 0.0506. The minimum absolute atomic E-state index is 0.000783. The highest BCUT2D eigenvalue weighted by Crippen LogP contribution is 2.38. The minimum Gasteiger partial charge on any atom is -0.448 e. The molecule has 8 heterocycles. The summed E-state index contributed by atoms with van der Waals surface area (Å²) in [5, 5.41) is 14.3. The summed E-state index contributed by atoms with van der Waals surface area (Å²) in [7, 11) is 0. The fourth-order valence-electron chi connectivity index (χ4n) is 15.1. The molecule has 119 heavy (non-hydrogen) atoms. The molecule has 15 aromatic rings. The summed E-state index contributed by atoms with van der Waals surface area (Å²) in [6, 6.07) is 46.2. The molecule has 0 saturated carbocycles. The van der Waals surface area contributed by atoms with Crippen molar-refractivity contribution in [2.24, 2.45) is 35.0 Å². The Hall–Kier alpha value is -12.5. The lowest BCUT2D eigenvalue weighted by atomic mass is 9.99. The molecule has 27 heteroatoms. The van der Waals surface area contributed by atoms with Gasteiger partial charge in [-0.25, -0.2) is 28.1 Å². The summed E-state index contributed by atoms with van der Waals surface area (Å²) in [6.45, 7) is 23.7. The van der Waals surface area contributed by atoms with Gasteiger partial charge in [0.1, 0.15) is 74.3 Å². The number of rotatable bonds is 24. The number of thiophene rings is 2. The van der Waals surface area contributed by atoms with Crippen LogP contribution in [0.1, 0.15) is 157 Å². The predicted molar refractivity (Wildman–Crippen MR) is 460 cm³/mol. The fourth-order valence-corrected chi connectivity index (χ4v) is 16.7. The lowest BCUT2D eigenvalue weighted by Crippen LogP contribution is -2.43. The largest absolute Gasteiger partial charge is 0.448 e. The number of halogens is 3. The van der Waals surface area contributed by atoms with Crippen LogP contribution >= 0.6 is 22.7 Å². The topological polar surface area (TPSA) is 307 Å². The van der Waals surface area contributed by atoms with Crippen molar-refractivity contribution in [2.45, 2.75) is 114 Å². The van der Waals surface area contributed by atoms with Gasteiger partial charge in [-0.3, -0.25) is 42.5 Å². The number of carbonyl (C=O) groups is 3. The highest BCUT2D eigenvalue weighted by molar-refractivity contribution is 7.10. The first-order valence-corrected chi connectivity index (χ1v) is 41.0. The number of amides is 3. The summed E-state index contributed by atoms with van der Waals surface area (Å²) in [6.07, 6.45) is 0. The third-order valence-corrected chi connectivity index (χ3v) is 22.8. The molecule has 7 aromatic carbocycles. The van der Waals surface area contributed by atoms with Crippen molar-refractivity contribution in [3.8, 4) is 6.07 Å².